The van der Waals surface area contributed by atoms with E-state index in [9.17, 15) is 0 Å². The third-order valence-electron chi connectivity index (χ3n) is 1.91. The number of terminal acetylenes is 1. The van der Waals surface area contributed by atoms with Gasteiger partial charge >= 0.3 is 0 Å². The van der Waals surface area contributed by atoms with Crippen molar-refractivity contribution >= 4 is 21.6 Å². The van der Waals surface area contributed by atoms with Crippen LogP contribution in [0.5, 0.6) is 0 Å². The van der Waals surface area contributed by atoms with Gasteiger partial charge in [-0.05, 0) is 34.6 Å². The number of anilines is 1. The van der Waals surface area contributed by atoms with E-state index in [4.69, 9.17) is 12.2 Å². The molecular weight excluding hydrogens is 240 g/mol. The van der Waals surface area contributed by atoms with Crippen molar-refractivity contribution in [2.45, 2.75) is 6.54 Å². The van der Waals surface area contributed by atoms with Gasteiger partial charge in [-0.3, -0.25) is 4.90 Å². The van der Waals surface area contributed by atoms with E-state index >= 15 is 0 Å². The zero-order valence-corrected chi connectivity index (χ0v) is 9.71. The molecule has 0 saturated heterocycles. The standard InChI is InChI=1S/C11H13BrN2/c1-3-7-14(2)8-9-5-4-6-10(13)11(9)12/h1,4-6H,7-8,13H2,2H3. The molecule has 74 valence electrons. The Balaban J connectivity index is 2.77. The molecule has 0 aliphatic heterocycles. The highest BCUT2D eigenvalue weighted by Crippen LogP contribution is 2.24. The van der Waals surface area contributed by atoms with Crippen LogP contribution < -0.4 is 5.73 Å². The van der Waals surface area contributed by atoms with Crippen LogP contribution in [0.25, 0.3) is 0 Å². The summed E-state index contributed by atoms with van der Waals surface area (Å²) in [5.74, 6) is 2.60. The molecule has 0 unspecified atom stereocenters. The lowest BCUT2D eigenvalue weighted by Gasteiger charge is -2.15. The van der Waals surface area contributed by atoms with Crippen LogP contribution in [0.1, 0.15) is 5.56 Å². The Hall–Kier alpha value is -0.980. The molecule has 1 aromatic carbocycles. The molecule has 2 N–H and O–H groups in total. The fourth-order valence-corrected chi connectivity index (χ4v) is 1.61. The Labute approximate surface area is 93.2 Å². The predicted molar refractivity (Wildman–Crippen MR) is 63.7 cm³/mol. The van der Waals surface area contributed by atoms with Gasteiger partial charge in [-0.15, -0.1) is 6.42 Å². The Morgan fingerprint density at radius 1 is 1.57 bits per heavy atom. The van der Waals surface area contributed by atoms with E-state index in [1.165, 1.54) is 0 Å². The van der Waals surface area contributed by atoms with Crippen molar-refractivity contribution in [1.82, 2.24) is 4.90 Å². The zero-order valence-electron chi connectivity index (χ0n) is 8.13. The van der Waals surface area contributed by atoms with Crippen LogP contribution in [-0.4, -0.2) is 18.5 Å². The Kier molecular flexibility index (Phi) is 3.99. The third-order valence-corrected chi connectivity index (χ3v) is 2.88. The summed E-state index contributed by atoms with van der Waals surface area (Å²) in [4.78, 5) is 2.06. The van der Waals surface area contributed by atoms with Crippen molar-refractivity contribution in [1.29, 1.82) is 0 Å². The molecule has 0 amide bonds. The number of rotatable bonds is 3. The summed E-state index contributed by atoms with van der Waals surface area (Å²) >= 11 is 3.46. The fraction of sp³-hybridized carbons (Fsp3) is 0.273. The van der Waals surface area contributed by atoms with Crippen molar-refractivity contribution in [3.05, 3.63) is 28.2 Å². The second kappa shape index (κ2) is 5.04. The fourth-order valence-electron chi connectivity index (χ4n) is 1.22. The number of nitrogens with zero attached hydrogens (tertiary/aromatic N) is 1. The normalized spacial score (nSPS) is 10.1. The first-order valence-corrected chi connectivity index (χ1v) is 5.09. The van der Waals surface area contributed by atoms with Gasteiger partial charge in [0.2, 0.25) is 0 Å². The van der Waals surface area contributed by atoms with E-state index in [-0.39, 0.29) is 0 Å². The maximum absolute atomic E-state index is 5.76. The van der Waals surface area contributed by atoms with E-state index in [1.807, 2.05) is 25.2 Å². The molecule has 0 aliphatic rings. The first kappa shape index (κ1) is 11.1. The Morgan fingerprint density at radius 3 is 2.93 bits per heavy atom. The lowest BCUT2D eigenvalue weighted by Crippen LogP contribution is -2.18. The number of hydrogen-bond acceptors (Lipinski definition) is 2. The molecule has 2 nitrogen and oxygen atoms in total. The minimum atomic E-state index is 0.640. The molecule has 14 heavy (non-hydrogen) atoms. The third kappa shape index (κ3) is 2.76. The van der Waals surface area contributed by atoms with Crippen molar-refractivity contribution in [2.75, 3.05) is 19.3 Å². The summed E-state index contributed by atoms with van der Waals surface area (Å²) in [6.45, 7) is 1.44. The second-order valence-electron chi connectivity index (χ2n) is 3.20. The average molecular weight is 253 g/mol. The second-order valence-corrected chi connectivity index (χ2v) is 3.99. The largest absolute Gasteiger partial charge is 0.398 e. The van der Waals surface area contributed by atoms with Crippen LogP contribution in [0.4, 0.5) is 5.69 Å². The van der Waals surface area contributed by atoms with Gasteiger partial charge in [0, 0.05) is 16.7 Å². The van der Waals surface area contributed by atoms with E-state index in [0.717, 1.165) is 22.3 Å². The van der Waals surface area contributed by atoms with Crippen LogP contribution in [0.3, 0.4) is 0 Å². The van der Waals surface area contributed by atoms with Crippen LogP contribution in [0.2, 0.25) is 0 Å². The number of halogens is 1. The van der Waals surface area contributed by atoms with Crippen LogP contribution >= 0.6 is 15.9 Å². The summed E-state index contributed by atoms with van der Waals surface area (Å²) in [5, 5.41) is 0. The van der Waals surface area contributed by atoms with E-state index in [1.54, 1.807) is 0 Å². The lowest BCUT2D eigenvalue weighted by molar-refractivity contribution is 0.368. The molecule has 0 radical (unpaired) electrons. The summed E-state index contributed by atoms with van der Waals surface area (Å²) in [7, 11) is 1.98. The first-order valence-electron chi connectivity index (χ1n) is 4.30. The molecule has 0 saturated carbocycles. The summed E-state index contributed by atoms with van der Waals surface area (Å²) in [5.41, 5.74) is 7.68. The highest BCUT2D eigenvalue weighted by atomic mass is 79.9. The lowest BCUT2D eigenvalue weighted by atomic mass is 10.2. The smallest absolute Gasteiger partial charge is 0.0599 e. The first-order chi connectivity index (χ1) is 6.65. The maximum atomic E-state index is 5.76. The molecule has 0 heterocycles. The summed E-state index contributed by atoms with van der Waals surface area (Å²) in [6.07, 6.45) is 5.22. The highest BCUT2D eigenvalue weighted by molar-refractivity contribution is 9.10. The van der Waals surface area contributed by atoms with Gasteiger partial charge in [0.25, 0.3) is 0 Å². The van der Waals surface area contributed by atoms with Gasteiger partial charge in [-0.2, -0.15) is 0 Å². The molecule has 0 fully saturated rings. The quantitative estimate of drug-likeness (QED) is 0.660. The van der Waals surface area contributed by atoms with E-state index in [2.05, 4.69) is 26.8 Å². The molecule has 1 aromatic rings. The molecule has 1 rings (SSSR count). The van der Waals surface area contributed by atoms with E-state index < -0.39 is 0 Å². The summed E-state index contributed by atoms with van der Waals surface area (Å²) in [6, 6.07) is 5.85. The van der Waals surface area contributed by atoms with Crippen LogP contribution in [0.15, 0.2) is 22.7 Å². The van der Waals surface area contributed by atoms with Gasteiger partial charge in [-0.25, -0.2) is 0 Å². The molecule has 0 aliphatic carbocycles. The maximum Gasteiger partial charge on any atom is 0.0599 e. The van der Waals surface area contributed by atoms with Gasteiger partial charge in [0.05, 0.1) is 6.54 Å². The molecule has 0 atom stereocenters. The molecule has 0 aromatic heterocycles. The SMILES string of the molecule is C#CCN(C)Cc1cccc(N)c1Br. The molecular formula is C11H13BrN2. The van der Waals surface area contributed by atoms with Gasteiger partial charge in [0.15, 0.2) is 0 Å². The van der Waals surface area contributed by atoms with Gasteiger partial charge in [0.1, 0.15) is 0 Å². The minimum absolute atomic E-state index is 0.640. The van der Waals surface area contributed by atoms with Gasteiger partial charge < -0.3 is 5.73 Å². The molecule has 0 bridgehead atoms. The highest BCUT2D eigenvalue weighted by Gasteiger charge is 2.04. The average Bonchev–Trinajstić information content (AvgIpc) is 2.13. The summed E-state index contributed by atoms with van der Waals surface area (Å²) < 4.78 is 0.962. The number of nitrogens with two attached hydrogens (primary N) is 1. The topological polar surface area (TPSA) is 29.3 Å². The van der Waals surface area contributed by atoms with Gasteiger partial charge in [-0.1, -0.05) is 18.1 Å². The Morgan fingerprint density at radius 2 is 2.29 bits per heavy atom. The van der Waals surface area contributed by atoms with Crippen LogP contribution in [0, 0.1) is 12.3 Å². The molecule has 3 heteroatoms. The van der Waals surface area contributed by atoms with Crippen molar-refractivity contribution < 1.29 is 0 Å². The Bertz CT molecular complexity index is 355. The van der Waals surface area contributed by atoms with Crippen molar-refractivity contribution in [2.24, 2.45) is 0 Å². The molecule has 0 spiro atoms. The van der Waals surface area contributed by atoms with Crippen LogP contribution in [-0.2, 0) is 6.54 Å². The van der Waals surface area contributed by atoms with E-state index in [0.29, 0.717) is 6.54 Å². The predicted octanol–water partition coefficient (Wildman–Crippen LogP) is 2.10. The monoisotopic (exact) mass is 252 g/mol. The minimum Gasteiger partial charge on any atom is -0.398 e. The van der Waals surface area contributed by atoms with Crippen molar-refractivity contribution in [3.63, 3.8) is 0 Å². The number of benzene rings is 1. The number of hydrogen-bond donors (Lipinski definition) is 1. The zero-order chi connectivity index (χ0) is 10.6. The van der Waals surface area contributed by atoms with Crippen molar-refractivity contribution in [3.8, 4) is 12.3 Å². The number of nitrogen functional groups attached to an aromatic ring is 1.